The summed E-state index contributed by atoms with van der Waals surface area (Å²) in [7, 11) is 17.3. The molecule has 0 spiro atoms. The number of nitrogens with zero attached hydrogens (tertiary/aromatic N) is 4. The molecule has 5 heteroatoms. The monoisotopic (exact) mass is 224 g/mol. The second-order valence-electron chi connectivity index (χ2n) is 4.18. The minimum absolute atomic E-state index is 2.17. The van der Waals surface area contributed by atoms with Crippen LogP contribution in [0.3, 0.4) is 0 Å². The van der Waals surface area contributed by atoms with E-state index in [0.29, 0.717) is 0 Å². The van der Waals surface area contributed by atoms with E-state index in [0.717, 1.165) is 0 Å². The molecule has 0 bridgehead atoms. The summed E-state index contributed by atoms with van der Waals surface area (Å²) in [4.78, 5) is 0. The molecule has 0 amide bonds. The molecule has 0 fully saturated rings. The third-order valence-corrected chi connectivity index (χ3v) is 9.90. The van der Waals surface area contributed by atoms with Crippen LogP contribution in [0.5, 0.6) is 0 Å². The van der Waals surface area contributed by atoms with Crippen molar-refractivity contribution in [2.24, 2.45) is 0 Å². The van der Waals surface area contributed by atoms with E-state index in [1.807, 2.05) is 0 Å². The van der Waals surface area contributed by atoms with Gasteiger partial charge in [-0.15, -0.1) is 0 Å². The fraction of sp³-hybridized carbons (Fsp3) is 1.00. The zero-order valence-corrected chi connectivity index (χ0v) is 11.9. The maximum atomic E-state index is 2.38. The van der Waals surface area contributed by atoms with Gasteiger partial charge in [0.1, 0.15) is 0 Å². The summed E-state index contributed by atoms with van der Waals surface area (Å²) in [5.41, 5.74) is 0. The van der Waals surface area contributed by atoms with Crippen LogP contribution < -0.4 is 0 Å². The summed E-state index contributed by atoms with van der Waals surface area (Å²) >= 11 is -2.33. The van der Waals surface area contributed by atoms with Gasteiger partial charge in [-0.25, -0.2) is 0 Å². The van der Waals surface area contributed by atoms with Crippen LogP contribution in [0.2, 0.25) is 0 Å². The Hall–Kier alpha value is 0.554. The number of hydrogen-bond donors (Lipinski definition) is 0. The fourth-order valence-corrected chi connectivity index (χ4v) is 9.90. The molecule has 0 rings (SSSR count). The van der Waals surface area contributed by atoms with Gasteiger partial charge in [-0.2, -0.15) is 0 Å². The summed E-state index contributed by atoms with van der Waals surface area (Å²) in [6.07, 6.45) is 0. The molecule has 0 unspecified atom stereocenters. The standard InChI is InChI=1S/4C2H6N.Ti/c4*1-3-2;/h4*1-2H3;/q4*-1;+5. The van der Waals surface area contributed by atoms with E-state index in [1.54, 1.807) is 0 Å². The average Bonchev–Trinajstić information content (AvgIpc) is 1.82. The molecule has 0 aliphatic carbocycles. The Labute approximate surface area is 87.7 Å². The van der Waals surface area contributed by atoms with E-state index in [-0.39, 0.29) is 0 Å². The Morgan fingerprint density at radius 1 is 0.462 bits per heavy atom. The molecule has 0 radical (unpaired) electrons. The van der Waals surface area contributed by atoms with Gasteiger partial charge >= 0.3 is 87.5 Å². The Balaban J connectivity index is 5.06. The topological polar surface area (TPSA) is 13.0 Å². The molecule has 13 heavy (non-hydrogen) atoms. The Morgan fingerprint density at radius 2 is 0.615 bits per heavy atom. The molecule has 0 N–H and O–H groups in total. The first-order valence-corrected chi connectivity index (χ1v) is 7.27. The molecule has 0 heterocycles. The first-order valence-electron chi connectivity index (χ1n) is 4.47. The van der Waals surface area contributed by atoms with Crippen LogP contribution in [0.25, 0.3) is 0 Å². The van der Waals surface area contributed by atoms with Crippen molar-refractivity contribution in [3.05, 3.63) is 0 Å². The van der Waals surface area contributed by atoms with Gasteiger partial charge in [-0.05, 0) is 0 Å². The van der Waals surface area contributed by atoms with Gasteiger partial charge in [0, 0.05) is 0 Å². The molecular formula is C8H24N4Ti+. The van der Waals surface area contributed by atoms with Gasteiger partial charge in [-0.1, -0.05) is 0 Å². The predicted octanol–water partition coefficient (Wildman–Crippen LogP) is 0.0467. The Kier molecular flexibility index (Phi) is 5.08. The fourth-order valence-electron chi connectivity index (χ4n) is 2.40. The molecule has 0 saturated carbocycles. The second-order valence-corrected chi connectivity index (χ2v) is 11.6. The van der Waals surface area contributed by atoms with Gasteiger partial charge in [0.2, 0.25) is 0 Å². The summed E-state index contributed by atoms with van der Waals surface area (Å²) in [5.74, 6) is 0. The maximum absolute atomic E-state index is 2.38. The molecule has 4 nitrogen and oxygen atoms in total. The normalized spacial score (nSPS) is 13.8. The average molecular weight is 224 g/mol. The van der Waals surface area contributed by atoms with Crippen molar-refractivity contribution in [2.45, 2.75) is 0 Å². The van der Waals surface area contributed by atoms with Crippen LogP contribution in [0, 0.1) is 0 Å². The molecule has 0 aliphatic rings. The molecular weight excluding hydrogens is 200 g/mol. The van der Waals surface area contributed by atoms with Crippen molar-refractivity contribution in [2.75, 3.05) is 56.4 Å². The van der Waals surface area contributed by atoms with E-state index >= 15 is 0 Å². The van der Waals surface area contributed by atoms with E-state index in [1.165, 1.54) is 0 Å². The molecule has 0 aromatic heterocycles. The van der Waals surface area contributed by atoms with Gasteiger partial charge in [0.05, 0.1) is 0 Å². The van der Waals surface area contributed by atoms with Gasteiger partial charge in [0.15, 0.2) is 0 Å². The van der Waals surface area contributed by atoms with E-state index in [4.69, 9.17) is 0 Å². The molecule has 0 aromatic rings. The second kappa shape index (κ2) is 4.87. The van der Waals surface area contributed by atoms with Gasteiger partial charge < -0.3 is 0 Å². The van der Waals surface area contributed by atoms with Crippen molar-refractivity contribution in [1.82, 2.24) is 13.5 Å². The van der Waals surface area contributed by atoms with Crippen molar-refractivity contribution in [3.63, 3.8) is 0 Å². The van der Waals surface area contributed by atoms with E-state index in [9.17, 15) is 0 Å². The van der Waals surface area contributed by atoms with Crippen molar-refractivity contribution in [1.29, 1.82) is 0 Å². The minimum atomic E-state index is -2.33. The molecule has 0 aromatic carbocycles. The zero-order valence-electron chi connectivity index (χ0n) is 10.3. The number of rotatable bonds is 4. The van der Waals surface area contributed by atoms with E-state index < -0.39 is 17.6 Å². The van der Waals surface area contributed by atoms with Gasteiger partial charge in [-0.3, -0.25) is 0 Å². The van der Waals surface area contributed by atoms with Crippen LogP contribution in [-0.2, 0) is 17.6 Å². The van der Waals surface area contributed by atoms with Crippen LogP contribution in [0.15, 0.2) is 0 Å². The quantitative estimate of drug-likeness (QED) is 0.625. The SMILES string of the molecule is C[N](C)[Ti+]([N](C)C)([N](C)C)[N](C)C. The Morgan fingerprint density at radius 3 is 0.615 bits per heavy atom. The van der Waals surface area contributed by atoms with E-state index in [2.05, 4.69) is 69.9 Å². The molecule has 79 valence electrons. The summed E-state index contributed by atoms with van der Waals surface area (Å²) in [6.45, 7) is 0. The van der Waals surface area contributed by atoms with Crippen LogP contribution in [-0.4, -0.2) is 69.9 Å². The predicted molar refractivity (Wildman–Crippen MR) is 54.7 cm³/mol. The van der Waals surface area contributed by atoms with Crippen molar-refractivity contribution in [3.8, 4) is 0 Å². The van der Waals surface area contributed by atoms with Crippen LogP contribution in [0.1, 0.15) is 0 Å². The zero-order chi connectivity index (χ0) is 10.8. The van der Waals surface area contributed by atoms with Crippen molar-refractivity contribution < 1.29 is 17.6 Å². The third-order valence-electron chi connectivity index (χ3n) is 2.40. The molecule has 0 aliphatic heterocycles. The Bertz CT molecular complexity index is 119. The first-order chi connectivity index (χ1) is 5.77. The van der Waals surface area contributed by atoms with Crippen LogP contribution >= 0.6 is 0 Å². The molecule has 0 saturated heterocycles. The number of hydrogen-bond acceptors (Lipinski definition) is 4. The summed E-state index contributed by atoms with van der Waals surface area (Å²) < 4.78 is 9.50. The van der Waals surface area contributed by atoms with Gasteiger partial charge in [0.25, 0.3) is 0 Å². The third kappa shape index (κ3) is 2.32. The summed E-state index contributed by atoms with van der Waals surface area (Å²) in [5, 5.41) is 0. The van der Waals surface area contributed by atoms with Crippen molar-refractivity contribution >= 4 is 0 Å². The van der Waals surface area contributed by atoms with Crippen LogP contribution in [0.4, 0.5) is 0 Å². The molecule has 0 atom stereocenters. The first kappa shape index (κ1) is 13.6. The summed E-state index contributed by atoms with van der Waals surface area (Å²) in [6, 6.07) is 0.